The van der Waals surface area contributed by atoms with E-state index in [4.69, 9.17) is 0 Å². The maximum absolute atomic E-state index is 13.7. The van der Waals surface area contributed by atoms with Crippen LogP contribution in [0.4, 0.5) is 19.0 Å². The lowest BCUT2D eigenvalue weighted by molar-refractivity contribution is -0.173. The van der Waals surface area contributed by atoms with Crippen molar-refractivity contribution in [3.8, 4) is 0 Å². The van der Waals surface area contributed by atoms with E-state index in [0.717, 1.165) is 9.15 Å². The highest BCUT2D eigenvalue weighted by Gasteiger charge is 2.47. The molecule has 0 bridgehead atoms. The van der Waals surface area contributed by atoms with Crippen molar-refractivity contribution in [2.24, 2.45) is 0 Å². The Kier molecular flexibility index (Phi) is 5.00. The number of hydrogen-bond acceptors (Lipinski definition) is 3. The quantitative estimate of drug-likeness (QED) is 0.696. The van der Waals surface area contributed by atoms with Gasteiger partial charge in [0.1, 0.15) is 11.4 Å². The zero-order valence-corrected chi connectivity index (χ0v) is 16.6. The van der Waals surface area contributed by atoms with Crippen molar-refractivity contribution >= 4 is 27.7 Å². The van der Waals surface area contributed by atoms with E-state index in [1.54, 1.807) is 45.0 Å². The Morgan fingerprint density at radius 1 is 1.26 bits per heavy atom. The molecule has 5 nitrogen and oxygen atoms in total. The molecule has 1 aliphatic rings. The van der Waals surface area contributed by atoms with Gasteiger partial charge in [0, 0.05) is 16.4 Å². The number of fused-ring (bicyclic) bond motifs is 1. The lowest BCUT2D eigenvalue weighted by atomic mass is 9.96. The van der Waals surface area contributed by atoms with Gasteiger partial charge in [-0.3, -0.25) is 4.79 Å². The first-order chi connectivity index (χ1) is 12.5. The van der Waals surface area contributed by atoms with Crippen LogP contribution in [0.1, 0.15) is 55.2 Å². The first kappa shape index (κ1) is 19.7. The molecule has 1 aromatic carbocycles. The van der Waals surface area contributed by atoms with E-state index >= 15 is 0 Å². The highest BCUT2D eigenvalue weighted by atomic mass is 79.9. The van der Waals surface area contributed by atoms with E-state index in [-0.39, 0.29) is 17.8 Å². The second-order valence-corrected chi connectivity index (χ2v) is 8.51. The summed E-state index contributed by atoms with van der Waals surface area (Å²) in [5.74, 6) is -0.383. The van der Waals surface area contributed by atoms with Gasteiger partial charge in [-0.2, -0.15) is 18.3 Å². The van der Waals surface area contributed by atoms with Crippen LogP contribution in [0.3, 0.4) is 0 Å². The lowest BCUT2D eigenvalue weighted by Crippen LogP contribution is -2.41. The van der Waals surface area contributed by atoms with Gasteiger partial charge < -0.3 is 10.6 Å². The molecular formula is C18H20BrF3N4O. The van der Waals surface area contributed by atoms with E-state index < -0.39 is 29.7 Å². The van der Waals surface area contributed by atoms with Gasteiger partial charge in [-0.25, -0.2) is 4.68 Å². The van der Waals surface area contributed by atoms with E-state index in [1.165, 1.54) is 6.20 Å². The molecule has 2 heterocycles. The smallest absolute Gasteiger partial charge is 0.363 e. The topological polar surface area (TPSA) is 59.0 Å². The highest BCUT2D eigenvalue weighted by Crippen LogP contribution is 2.44. The van der Waals surface area contributed by atoms with Gasteiger partial charge in [-0.1, -0.05) is 28.1 Å². The molecule has 0 aliphatic carbocycles. The molecule has 2 aromatic rings. The SMILES string of the molecule is CC(C)(C)NC(=O)c1cnn2c1NC(c1ccc(Br)cc1)CC2C(F)(F)F. The van der Waals surface area contributed by atoms with Crippen LogP contribution < -0.4 is 10.6 Å². The third-order valence-corrected chi connectivity index (χ3v) is 4.77. The predicted octanol–water partition coefficient (Wildman–Crippen LogP) is 4.83. The fraction of sp³-hybridized carbons (Fsp3) is 0.444. The van der Waals surface area contributed by atoms with Gasteiger partial charge in [-0.15, -0.1) is 0 Å². The number of nitrogens with zero attached hydrogens (tertiary/aromatic N) is 2. The van der Waals surface area contributed by atoms with E-state index in [9.17, 15) is 18.0 Å². The summed E-state index contributed by atoms with van der Waals surface area (Å²) in [6.07, 6.45) is -3.50. The number of alkyl halides is 3. The van der Waals surface area contributed by atoms with Crippen LogP contribution in [0.15, 0.2) is 34.9 Å². The maximum atomic E-state index is 13.7. The van der Waals surface area contributed by atoms with Crippen molar-refractivity contribution in [1.82, 2.24) is 15.1 Å². The van der Waals surface area contributed by atoms with Crippen molar-refractivity contribution in [3.63, 3.8) is 0 Å². The van der Waals surface area contributed by atoms with Gasteiger partial charge >= 0.3 is 6.18 Å². The Labute approximate surface area is 163 Å². The molecule has 146 valence electrons. The first-order valence-electron chi connectivity index (χ1n) is 8.44. The molecule has 2 N–H and O–H groups in total. The van der Waals surface area contributed by atoms with Gasteiger partial charge in [-0.05, 0) is 38.5 Å². The van der Waals surface area contributed by atoms with E-state index in [0.29, 0.717) is 5.56 Å². The molecule has 3 rings (SSSR count). The van der Waals surface area contributed by atoms with Gasteiger partial charge in [0.05, 0.1) is 12.2 Å². The molecule has 1 aliphatic heterocycles. The zero-order chi connectivity index (χ0) is 20.0. The molecule has 9 heteroatoms. The summed E-state index contributed by atoms with van der Waals surface area (Å²) in [5, 5.41) is 9.71. The van der Waals surface area contributed by atoms with Gasteiger partial charge in [0.25, 0.3) is 5.91 Å². The number of amides is 1. The molecule has 2 atom stereocenters. The summed E-state index contributed by atoms with van der Waals surface area (Å²) < 4.78 is 42.7. The molecule has 27 heavy (non-hydrogen) atoms. The Morgan fingerprint density at radius 2 is 1.89 bits per heavy atom. The molecule has 2 unspecified atom stereocenters. The molecule has 1 amide bonds. The number of rotatable bonds is 2. The predicted molar refractivity (Wildman–Crippen MR) is 99.7 cm³/mol. The largest absolute Gasteiger partial charge is 0.410 e. The Morgan fingerprint density at radius 3 is 2.44 bits per heavy atom. The molecule has 0 fully saturated rings. The number of carbonyl (C=O) groups is 1. The second-order valence-electron chi connectivity index (χ2n) is 7.60. The van der Waals surface area contributed by atoms with Crippen LogP contribution in [0.2, 0.25) is 0 Å². The number of nitrogens with one attached hydrogen (secondary N) is 2. The molecule has 0 saturated carbocycles. The normalized spacial score (nSPS) is 20.0. The standard InChI is InChI=1S/C18H20BrF3N4O/c1-17(2,3)25-16(27)12-9-23-26-14(18(20,21)22)8-13(24-15(12)26)10-4-6-11(19)7-5-10/h4-7,9,13-14,24H,8H2,1-3H3,(H,25,27). The third kappa shape index (κ3) is 4.28. The van der Waals surface area contributed by atoms with Crippen LogP contribution in [-0.2, 0) is 0 Å². The Bertz CT molecular complexity index is 840. The van der Waals surface area contributed by atoms with Gasteiger partial charge in [0.2, 0.25) is 0 Å². The monoisotopic (exact) mass is 444 g/mol. The average Bonchev–Trinajstić information content (AvgIpc) is 2.96. The fourth-order valence-electron chi connectivity index (χ4n) is 3.05. The molecule has 0 radical (unpaired) electrons. The van der Waals surface area contributed by atoms with Crippen molar-refractivity contribution in [3.05, 3.63) is 46.1 Å². The number of anilines is 1. The summed E-state index contributed by atoms with van der Waals surface area (Å²) in [6, 6.07) is 4.68. The van der Waals surface area contributed by atoms with Crippen molar-refractivity contribution in [2.45, 2.75) is 51.0 Å². The molecule has 0 saturated heterocycles. The van der Waals surface area contributed by atoms with Gasteiger partial charge in [0.15, 0.2) is 6.04 Å². The minimum atomic E-state index is -4.48. The summed E-state index contributed by atoms with van der Waals surface area (Å²) >= 11 is 3.32. The van der Waals surface area contributed by atoms with Crippen LogP contribution >= 0.6 is 15.9 Å². The minimum Gasteiger partial charge on any atom is -0.363 e. The summed E-state index contributed by atoms with van der Waals surface area (Å²) in [6.45, 7) is 5.41. The van der Waals surface area contributed by atoms with Crippen molar-refractivity contribution in [2.75, 3.05) is 5.32 Å². The fourth-order valence-corrected chi connectivity index (χ4v) is 3.31. The van der Waals surface area contributed by atoms with E-state index in [1.807, 2.05) is 0 Å². The Hall–Kier alpha value is -2.03. The van der Waals surface area contributed by atoms with Crippen LogP contribution in [0, 0.1) is 0 Å². The highest BCUT2D eigenvalue weighted by molar-refractivity contribution is 9.10. The number of carbonyl (C=O) groups excluding carboxylic acids is 1. The van der Waals surface area contributed by atoms with Crippen LogP contribution in [-0.4, -0.2) is 27.4 Å². The number of benzene rings is 1. The minimum absolute atomic E-state index is 0.0817. The van der Waals surface area contributed by atoms with E-state index in [2.05, 4.69) is 31.7 Å². The lowest BCUT2D eigenvalue weighted by Gasteiger charge is -2.34. The zero-order valence-electron chi connectivity index (χ0n) is 15.1. The first-order valence-corrected chi connectivity index (χ1v) is 9.24. The third-order valence-electron chi connectivity index (χ3n) is 4.24. The summed E-state index contributed by atoms with van der Waals surface area (Å²) in [4.78, 5) is 12.5. The van der Waals surface area contributed by atoms with Crippen molar-refractivity contribution < 1.29 is 18.0 Å². The number of aromatic nitrogens is 2. The molecular weight excluding hydrogens is 425 g/mol. The summed E-state index contributed by atoms with van der Waals surface area (Å²) in [5.41, 5.74) is 0.290. The maximum Gasteiger partial charge on any atom is 0.410 e. The van der Waals surface area contributed by atoms with Crippen LogP contribution in [0.25, 0.3) is 0 Å². The molecule has 0 spiro atoms. The average molecular weight is 445 g/mol. The summed E-state index contributed by atoms with van der Waals surface area (Å²) in [7, 11) is 0. The number of hydrogen-bond donors (Lipinski definition) is 2. The molecule has 1 aromatic heterocycles. The van der Waals surface area contributed by atoms with Crippen LogP contribution in [0.5, 0.6) is 0 Å². The Balaban J connectivity index is 2.01. The number of halogens is 4. The van der Waals surface area contributed by atoms with Crippen molar-refractivity contribution in [1.29, 1.82) is 0 Å². The second kappa shape index (κ2) is 6.85.